The van der Waals surface area contributed by atoms with Gasteiger partial charge >= 0.3 is 5.97 Å². The minimum atomic E-state index is -0.837. The van der Waals surface area contributed by atoms with E-state index < -0.39 is 12.0 Å². The first-order valence-corrected chi connectivity index (χ1v) is 4.76. The van der Waals surface area contributed by atoms with Crippen molar-refractivity contribution in [1.29, 1.82) is 0 Å². The summed E-state index contributed by atoms with van der Waals surface area (Å²) < 4.78 is 4.91. The molecule has 0 aliphatic rings. The lowest BCUT2D eigenvalue weighted by atomic mass is 10.2. The van der Waals surface area contributed by atoms with Gasteiger partial charge in [0.15, 0.2) is 5.82 Å². The van der Waals surface area contributed by atoms with Crippen molar-refractivity contribution in [2.24, 2.45) is 0 Å². The van der Waals surface area contributed by atoms with E-state index in [1.807, 2.05) is 6.92 Å². The molecule has 0 bridgehead atoms. The van der Waals surface area contributed by atoms with Crippen LogP contribution in [0.25, 0.3) is 0 Å². The molecule has 0 spiro atoms. The van der Waals surface area contributed by atoms with Crippen LogP contribution in [0.3, 0.4) is 0 Å². The van der Waals surface area contributed by atoms with Crippen molar-refractivity contribution in [1.82, 2.24) is 15.0 Å². The highest BCUT2D eigenvalue weighted by molar-refractivity contribution is 5.73. The molecule has 0 aromatic carbocycles. The number of aromatic nitrogens is 2. The Hall–Kier alpha value is -1.43. The van der Waals surface area contributed by atoms with E-state index in [1.165, 1.54) is 0 Å². The molecule has 1 rings (SSSR count). The fourth-order valence-corrected chi connectivity index (χ4v) is 1.40. The molecule has 1 atom stereocenters. The summed E-state index contributed by atoms with van der Waals surface area (Å²) in [6, 6.07) is -0.516. The zero-order valence-electron chi connectivity index (χ0n) is 9.10. The quantitative estimate of drug-likeness (QED) is 0.774. The SMILES string of the molecule is CCC(C(=O)O)N(C)Cc1nc(C)no1. The maximum absolute atomic E-state index is 10.9. The molecule has 0 aliphatic carbocycles. The molecule has 0 aliphatic heterocycles. The topological polar surface area (TPSA) is 79.5 Å². The second-order valence-corrected chi connectivity index (χ2v) is 3.41. The predicted molar refractivity (Wildman–Crippen MR) is 52.2 cm³/mol. The highest BCUT2D eigenvalue weighted by Crippen LogP contribution is 2.07. The van der Waals surface area contributed by atoms with Gasteiger partial charge in [-0.25, -0.2) is 0 Å². The third-order valence-electron chi connectivity index (χ3n) is 2.16. The highest BCUT2D eigenvalue weighted by Gasteiger charge is 2.21. The first-order chi connectivity index (χ1) is 7.04. The third kappa shape index (κ3) is 3.02. The fourth-order valence-electron chi connectivity index (χ4n) is 1.40. The molecule has 15 heavy (non-hydrogen) atoms. The van der Waals surface area contributed by atoms with Gasteiger partial charge in [-0.1, -0.05) is 12.1 Å². The summed E-state index contributed by atoms with van der Waals surface area (Å²) >= 11 is 0. The molecule has 0 saturated heterocycles. The molecular formula is C9H15N3O3. The lowest BCUT2D eigenvalue weighted by Gasteiger charge is -2.21. The van der Waals surface area contributed by atoms with Crippen LogP contribution >= 0.6 is 0 Å². The Labute approximate surface area is 87.9 Å². The van der Waals surface area contributed by atoms with Crippen molar-refractivity contribution < 1.29 is 14.4 Å². The molecule has 1 unspecified atom stereocenters. The largest absolute Gasteiger partial charge is 0.480 e. The lowest BCUT2D eigenvalue weighted by Crippen LogP contribution is -2.37. The number of hydrogen-bond donors (Lipinski definition) is 1. The van der Waals surface area contributed by atoms with Crippen LogP contribution in [0.2, 0.25) is 0 Å². The average Bonchev–Trinajstić information content (AvgIpc) is 2.51. The van der Waals surface area contributed by atoms with Gasteiger partial charge in [0.1, 0.15) is 6.04 Å². The van der Waals surface area contributed by atoms with Gasteiger partial charge in [-0.15, -0.1) is 0 Å². The molecule has 0 fully saturated rings. The molecule has 1 aromatic rings. The highest BCUT2D eigenvalue weighted by atomic mass is 16.5. The summed E-state index contributed by atoms with van der Waals surface area (Å²) in [6.07, 6.45) is 0.541. The molecular weight excluding hydrogens is 198 g/mol. The first-order valence-electron chi connectivity index (χ1n) is 4.76. The van der Waals surface area contributed by atoms with Crippen LogP contribution < -0.4 is 0 Å². The second kappa shape index (κ2) is 4.88. The number of likely N-dealkylation sites (N-methyl/N-ethyl adjacent to an activating group) is 1. The number of carboxylic acid groups (broad SMARTS) is 1. The Morgan fingerprint density at radius 2 is 2.33 bits per heavy atom. The number of aliphatic carboxylic acids is 1. The van der Waals surface area contributed by atoms with E-state index >= 15 is 0 Å². The Kier molecular flexibility index (Phi) is 3.79. The van der Waals surface area contributed by atoms with Crippen LogP contribution in [0.5, 0.6) is 0 Å². The van der Waals surface area contributed by atoms with Crippen LogP contribution in [0.15, 0.2) is 4.52 Å². The lowest BCUT2D eigenvalue weighted by molar-refractivity contribution is -0.143. The number of nitrogens with zero attached hydrogens (tertiary/aromatic N) is 3. The number of rotatable bonds is 5. The minimum absolute atomic E-state index is 0.353. The first kappa shape index (κ1) is 11.6. The van der Waals surface area contributed by atoms with Crippen LogP contribution in [0.4, 0.5) is 0 Å². The van der Waals surface area contributed by atoms with Gasteiger partial charge in [-0.2, -0.15) is 4.98 Å². The number of aryl methyl sites for hydroxylation is 1. The summed E-state index contributed by atoms with van der Waals surface area (Å²) in [7, 11) is 1.72. The van der Waals surface area contributed by atoms with E-state index in [-0.39, 0.29) is 0 Å². The van der Waals surface area contributed by atoms with Crippen molar-refractivity contribution in [3.05, 3.63) is 11.7 Å². The third-order valence-corrected chi connectivity index (χ3v) is 2.16. The Morgan fingerprint density at radius 3 is 2.73 bits per heavy atom. The maximum atomic E-state index is 10.9. The number of hydrogen-bond acceptors (Lipinski definition) is 5. The minimum Gasteiger partial charge on any atom is -0.480 e. The van der Waals surface area contributed by atoms with E-state index in [1.54, 1.807) is 18.9 Å². The standard InChI is InChI=1S/C9H15N3O3/c1-4-7(9(13)14)12(3)5-8-10-6(2)11-15-8/h7H,4-5H2,1-3H3,(H,13,14). The van der Waals surface area contributed by atoms with Crippen molar-refractivity contribution in [3.63, 3.8) is 0 Å². The monoisotopic (exact) mass is 213 g/mol. The van der Waals surface area contributed by atoms with Crippen LogP contribution in [-0.4, -0.2) is 39.2 Å². The van der Waals surface area contributed by atoms with E-state index in [0.29, 0.717) is 24.7 Å². The maximum Gasteiger partial charge on any atom is 0.320 e. The number of carboxylic acids is 1. The van der Waals surface area contributed by atoms with Crippen LogP contribution in [-0.2, 0) is 11.3 Å². The average molecular weight is 213 g/mol. The molecule has 6 nitrogen and oxygen atoms in total. The summed E-state index contributed by atoms with van der Waals surface area (Å²) in [5.74, 6) is 0.160. The van der Waals surface area contributed by atoms with Crippen LogP contribution in [0.1, 0.15) is 25.1 Å². The van der Waals surface area contributed by atoms with Gasteiger partial charge in [0, 0.05) is 0 Å². The Bertz CT molecular complexity index is 337. The zero-order chi connectivity index (χ0) is 11.4. The van der Waals surface area contributed by atoms with Crippen molar-refractivity contribution in [3.8, 4) is 0 Å². The smallest absolute Gasteiger partial charge is 0.320 e. The summed E-state index contributed by atoms with van der Waals surface area (Å²) in [5, 5.41) is 12.6. The zero-order valence-corrected chi connectivity index (χ0v) is 9.10. The molecule has 1 heterocycles. The predicted octanol–water partition coefficient (Wildman–Crippen LogP) is 0.673. The number of carbonyl (C=O) groups is 1. The Balaban J connectivity index is 2.61. The van der Waals surface area contributed by atoms with Gasteiger partial charge in [0.05, 0.1) is 6.54 Å². The molecule has 1 N–H and O–H groups in total. The molecule has 1 aromatic heterocycles. The Morgan fingerprint density at radius 1 is 1.67 bits per heavy atom. The van der Waals surface area contributed by atoms with E-state index in [4.69, 9.17) is 9.63 Å². The van der Waals surface area contributed by atoms with Crippen LogP contribution in [0, 0.1) is 6.92 Å². The van der Waals surface area contributed by atoms with Crippen molar-refractivity contribution in [2.75, 3.05) is 7.05 Å². The second-order valence-electron chi connectivity index (χ2n) is 3.41. The van der Waals surface area contributed by atoms with Gasteiger partial charge in [0.25, 0.3) is 0 Å². The molecule has 0 saturated carbocycles. The van der Waals surface area contributed by atoms with Gasteiger partial charge < -0.3 is 9.63 Å². The van der Waals surface area contributed by atoms with E-state index in [2.05, 4.69) is 10.1 Å². The molecule has 0 amide bonds. The molecule has 6 heteroatoms. The van der Waals surface area contributed by atoms with E-state index in [0.717, 1.165) is 0 Å². The van der Waals surface area contributed by atoms with E-state index in [9.17, 15) is 4.79 Å². The summed E-state index contributed by atoms with van der Waals surface area (Å²) in [5.41, 5.74) is 0. The molecule has 0 radical (unpaired) electrons. The van der Waals surface area contributed by atoms with Gasteiger partial charge in [-0.05, 0) is 20.4 Å². The normalized spacial score (nSPS) is 13.1. The van der Waals surface area contributed by atoms with Gasteiger partial charge in [-0.3, -0.25) is 9.69 Å². The van der Waals surface area contributed by atoms with Crippen molar-refractivity contribution in [2.45, 2.75) is 32.9 Å². The summed E-state index contributed by atoms with van der Waals surface area (Å²) in [6.45, 7) is 3.90. The summed E-state index contributed by atoms with van der Waals surface area (Å²) in [4.78, 5) is 16.5. The fraction of sp³-hybridized carbons (Fsp3) is 0.667. The van der Waals surface area contributed by atoms with Gasteiger partial charge in [0.2, 0.25) is 5.89 Å². The molecule has 84 valence electrons. The van der Waals surface area contributed by atoms with Crippen molar-refractivity contribution >= 4 is 5.97 Å².